The van der Waals surface area contributed by atoms with E-state index in [1.165, 1.54) is 0 Å². The summed E-state index contributed by atoms with van der Waals surface area (Å²) in [5.74, 6) is 0. The number of nitrogens with zero attached hydrogens (tertiary/aromatic N) is 4. The van der Waals surface area contributed by atoms with Gasteiger partial charge in [0.2, 0.25) is 0 Å². The third kappa shape index (κ3) is 4.66. The molecule has 8 heteroatoms. The summed E-state index contributed by atoms with van der Waals surface area (Å²) in [5, 5.41) is 15.2. The quantitative estimate of drug-likeness (QED) is 0.245. The highest BCUT2D eigenvalue weighted by molar-refractivity contribution is 5.87. The SMILES string of the molecule is C=Cc1cc(-c2ccn[nH]2)c2nc(-c3ccc(C4(NC(=O)OC(C)(C)C)CCC4)cc3)c(-c3ccccc3)n2n1. The molecular formula is C32H32N6O2. The maximum Gasteiger partial charge on any atom is 0.408 e. The van der Waals surface area contributed by atoms with Crippen molar-refractivity contribution in [3.05, 3.63) is 90.8 Å². The van der Waals surface area contributed by atoms with Gasteiger partial charge in [0.1, 0.15) is 11.3 Å². The molecule has 0 aliphatic heterocycles. The first kappa shape index (κ1) is 25.6. The van der Waals surface area contributed by atoms with E-state index in [4.69, 9.17) is 14.8 Å². The third-order valence-electron chi connectivity index (χ3n) is 7.31. The number of amides is 1. The number of carbonyl (C=O) groups is 1. The number of benzene rings is 2. The molecule has 0 radical (unpaired) electrons. The van der Waals surface area contributed by atoms with Gasteiger partial charge < -0.3 is 10.1 Å². The number of hydrogen-bond acceptors (Lipinski definition) is 5. The molecule has 5 aromatic rings. The molecular weight excluding hydrogens is 500 g/mol. The van der Waals surface area contributed by atoms with E-state index in [0.29, 0.717) is 0 Å². The van der Waals surface area contributed by atoms with Crippen molar-refractivity contribution in [1.29, 1.82) is 0 Å². The van der Waals surface area contributed by atoms with Crippen molar-refractivity contribution in [3.63, 3.8) is 0 Å². The fraction of sp³-hybridized carbons (Fsp3) is 0.250. The molecule has 1 amide bonds. The van der Waals surface area contributed by atoms with Gasteiger partial charge in [-0.15, -0.1) is 0 Å². The molecule has 2 N–H and O–H groups in total. The zero-order valence-electron chi connectivity index (χ0n) is 22.9. The summed E-state index contributed by atoms with van der Waals surface area (Å²) >= 11 is 0. The van der Waals surface area contributed by atoms with E-state index in [1.807, 2.05) is 55.6 Å². The van der Waals surface area contributed by atoms with Crippen LogP contribution in [-0.2, 0) is 10.3 Å². The number of aromatic amines is 1. The lowest BCUT2D eigenvalue weighted by Gasteiger charge is -2.43. The first-order valence-corrected chi connectivity index (χ1v) is 13.5. The first-order valence-electron chi connectivity index (χ1n) is 13.5. The van der Waals surface area contributed by atoms with Crippen LogP contribution in [0, 0.1) is 0 Å². The average molecular weight is 533 g/mol. The number of carbonyl (C=O) groups excluding carboxylic acids is 1. The van der Waals surface area contributed by atoms with E-state index in [-0.39, 0.29) is 0 Å². The van der Waals surface area contributed by atoms with Gasteiger partial charge in [-0.2, -0.15) is 10.2 Å². The zero-order chi connectivity index (χ0) is 27.9. The number of aromatic nitrogens is 5. The molecule has 3 heterocycles. The zero-order valence-corrected chi connectivity index (χ0v) is 22.9. The smallest absolute Gasteiger partial charge is 0.408 e. The average Bonchev–Trinajstić information content (AvgIpc) is 3.58. The minimum Gasteiger partial charge on any atom is -0.444 e. The van der Waals surface area contributed by atoms with Crippen LogP contribution < -0.4 is 5.32 Å². The van der Waals surface area contributed by atoms with Crippen LogP contribution in [0.2, 0.25) is 0 Å². The minimum atomic E-state index is -0.551. The van der Waals surface area contributed by atoms with Crippen LogP contribution in [0.4, 0.5) is 4.79 Å². The van der Waals surface area contributed by atoms with E-state index in [0.717, 1.165) is 69.9 Å². The van der Waals surface area contributed by atoms with Gasteiger partial charge in [0, 0.05) is 22.9 Å². The maximum atomic E-state index is 12.6. The van der Waals surface area contributed by atoms with Crippen LogP contribution >= 0.6 is 0 Å². The van der Waals surface area contributed by atoms with Crippen molar-refractivity contribution in [2.75, 3.05) is 0 Å². The second kappa shape index (κ2) is 9.79. The number of imidazole rings is 1. The number of rotatable bonds is 6. The minimum absolute atomic E-state index is 0.390. The van der Waals surface area contributed by atoms with Crippen molar-refractivity contribution in [2.45, 2.75) is 51.2 Å². The molecule has 202 valence electrons. The molecule has 2 aromatic carbocycles. The Labute approximate surface area is 233 Å². The van der Waals surface area contributed by atoms with Gasteiger partial charge in [-0.1, -0.05) is 61.2 Å². The van der Waals surface area contributed by atoms with Crippen molar-refractivity contribution in [3.8, 4) is 33.8 Å². The molecule has 1 aliphatic carbocycles. The lowest BCUT2D eigenvalue weighted by Crippen LogP contribution is -2.52. The van der Waals surface area contributed by atoms with Gasteiger partial charge in [-0.25, -0.2) is 14.3 Å². The predicted molar refractivity (Wildman–Crippen MR) is 156 cm³/mol. The van der Waals surface area contributed by atoms with Crippen LogP contribution in [0.15, 0.2) is 79.5 Å². The summed E-state index contributed by atoms with van der Waals surface area (Å²) in [4.78, 5) is 17.8. The molecule has 6 rings (SSSR count). The third-order valence-corrected chi connectivity index (χ3v) is 7.31. The molecule has 0 unspecified atom stereocenters. The molecule has 0 spiro atoms. The maximum absolute atomic E-state index is 12.6. The molecule has 1 fully saturated rings. The molecule has 3 aromatic heterocycles. The topological polar surface area (TPSA) is 97.2 Å². The molecule has 40 heavy (non-hydrogen) atoms. The van der Waals surface area contributed by atoms with Gasteiger partial charge in [-0.05, 0) is 63.8 Å². The lowest BCUT2D eigenvalue weighted by atomic mass is 9.71. The van der Waals surface area contributed by atoms with Gasteiger partial charge in [0.25, 0.3) is 0 Å². The first-order chi connectivity index (χ1) is 19.3. The van der Waals surface area contributed by atoms with E-state index in [1.54, 1.807) is 12.3 Å². The van der Waals surface area contributed by atoms with E-state index in [2.05, 4.69) is 58.5 Å². The number of alkyl carbamates (subject to hydrolysis) is 1. The highest BCUT2D eigenvalue weighted by Gasteiger charge is 2.41. The Kier molecular flexibility index (Phi) is 6.25. The predicted octanol–water partition coefficient (Wildman–Crippen LogP) is 7.00. The van der Waals surface area contributed by atoms with Crippen LogP contribution in [0.5, 0.6) is 0 Å². The molecule has 1 saturated carbocycles. The van der Waals surface area contributed by atoms with E-state index < -0.39 is 17.2 Å². The van der Waals surface area contributed by atoms with E-state index >= 15 is 0 Å². The Morgan fingerprint density at radius 2 is 1.82 bits per heavy atom. The van der Waals surface area contributed by atoms with Crippen LogP contribution in [0.1, 0.15) is 51.3 Å². The van der Waals surface area contributed by atoms with Gasteiger partial charge in [0.15, 0.2) is 5.65 Å². The summed E-state index contributed by atoms with van der Waals surface area (Å²) in [6, 6.07) is 22.4. The highest BCUT2D eigenvalue weighted by Crippen LogP contribution is 2.43. The Morgan fingerprint density at radius 1 is 1.07 bits per heavy atom. The molecule has 0 atom stereocenters. The molecule has 8 nitrogen and oxygen atoms in total. The van der Waals surface area contributed by atoms with Crippen molar-refractivity contribution >= 4 is 17.8 Å². The summed E-state index contributed by atoms with van der Waals surface area (Å²) in [6.07, 6.45) is 5.86. The van der Waals surface area contributed by atoms with Gasteiger partial charge in [0.05, 0.1) is 22.6 Å². The summed E-state index contributed by atoms with van der Waals surface area (Å²) in [5.41, 5.74) is 6.93. The molecule has 0 bridgehead atoms. The van der Waals surface area contributed by atoms with Crippen molar-refractivity contribution in [1.82, 2.24) is 30.1 Å². The van der Waals surface area contributed by atoms with Crippen molar-refractivity contribution in [2.24, 2.45) is 0 Å². The number of H-pyrrole nitrogens is 1. The van der Waals surface area contributed by atoms with Gasteiger partial charge >= 0.3 is 6.09 Å². The second-order valence-corrected chi connectivity index (χ2v) is 11.2. The van der Waals surface area contributed by atoms with Crippen LogP contribution in [0.25, 0.3) is 45.5 Å². The fourth-order valence-electron chi connectivity index (χ4n) is 5.26. The van der Waals surface area contributed by atoms with Gasteiger partial charge in [-0.3, -0.25) is 5.10 Å². The Morgan fingerprint density at radius 3 is 2.42 bits per heavy atom. The standard InChI is InChI=1S/C32H32N6O2/c1-5-24-20-25(26-16-19-33-36-26)29-34-27(28(38(29)37-24)22-10-7-6-8-11-22)21-12-14-23(15-13-21)32(17-9-18-32)35-30(39)40-31(2,3)4/h5-8,10-16,19-20H,1,9,17-18H2,2-4H3,(H,33,36)(H,35,39). The normalized spacial score (nSPS) is 14.5. The Bertz CT molecular complexity index is 1680. The number of fused-ring (bicyclic) bond motifs is 1. The van der Waals surface area contributed by atoms with Crippen molar-refractivity contribution < 1.29 is 9.53 Å². The number of nitrogens with one attached hydrogen (secondary N) is 2. The fourth-order valence-corrected chi connectivity index (χ4v) is 5.26. The monoisotopic (exact) mass is 532 g/mol. The number of ether oxygens (including phenoxy) is 1. The second-order valence-electron chi connectivity index (χ2n) is 11.2. The summed E-state index contributed by atoms with van der Waals surface area (Å²) < 4.78 is 7.45. The van der Waals surface area contributed by atoms with Crippen LogP contribution in [-0.4, -0.2) is 36.5 Å². The van der Waals surface area contributed by atoms with E-state index in [9.17, 15) is 4.79 Å². The summed E-state index contributed by atoms with van der Waals surface area (Å²) in [7, 11) is 0. The lowest BCUT2D eigenvalue weighted by molar-refractivity contribution is 0.0377. The molecule has 0 saturated heterocycles. The number of hydrogen-bond donors (Lipinski definition) is 2. The Balaban J connectivity index is 1.46. The highest BCUT2D eigenvalue weighted by atomic mass is 16.6. The van der Waals surface area contributed by atoms with Crippen LogP contribution in [0.3, 0.4) is 0 Å². The molecule has 1 aliphatic rings. The Hall–Kier alpha value is -4.72. The summed E-state index contributed by atoms with van der Waals surface area (Å²) in [6.45, 7) is 9.57. The largest absolute Gasteiger partial charge is 0.444 e.